The van der Waals surface area contributed by atoms with Crippen molar-refractivity contribution in [2.24, 2.45) is 5.41 Å². The Morgan fingerprint density at radius 1 is 1.38 bits per heavy atom. The summed E-state index contributed by atoms with van der Waals surface area (Å²) >= 11 is 2.17. The maximum Gasteiger partial charge on any atom is 0.00951 e. The summed E-state index contributed by atoms with van der Waals surface area (Å²) in [6, 6.07) is 1.52. The van der Waals surface area contributed by atoms with Crippen molar-refractivity contribution in [3.63, 3.8) is 0 Å². The van der Waals surface area contributed by atoms with Gasteiger partial charge in [-0.15, -0.1) is 0 Å². The van der Waals surface area contributed by atoms with Crippen LogP contribution in [0.25, 0.3) is 0 Å². The first kappa shape index (κ1) is 12.8. The highest BCUT2D eigenvalue weighted by Gasteiger charge is 2.43. The molecule has 0 amide bonds. The molecule has 2 rings (SSSR count). The van der Waals surface area contributed by atoms with Crippen LogP contribution in [0.1, 0.15) is 59.3 Å². The van der Waals surface area contributed by atoms with Crippen LogP contribution in [0.3, 0.4) is 0 Å². The Bertz CT molecular complexity index is 223. The zero-order valence-electron chi connectivity index (χ0n) is 11.1. The molecular formula is C14H27NS. The quantitative estimate of drug-likeness (QED) is 0.785. The van der Waals surface area contributed by atoms with Crippen molar-refractivity contribution in [1.29, 1.82) is 0 Å². The number of hydrogen-bond donors (Lipinski definition) is 1. The summed E-state index contributed by atoms with van der Waals surface area (Å²) < 4.78 is 0. The lowest BCUT2D eigenvalue weighted by Gasteiger charge is -2.33. The van der Waals surface area contributed by atoms with E-state index in [4.69, 9.17) is 0 Å². The summed E-state index contributed by atoms with van der Waals surface area (Å²) in [6.45, 7) is 7.12. The van der Waals surface area contributed by atoms with Gasteiger partial charge in [-0.2, -0.15) is 11.8 Å². The molecule has 3 atom stereocenters. The third-order valence-electron chi connectivity index (χ3n) is 4.60. The standard InChI is InChI=1S/C14H27NS/c1-4-16-13-7-5-6-12(10-13)15-11(2)14(3)8-9-14/h11-13,15H,4-10H2,1-3H3. The van der Waals surface area contributed by atoms with E-state index in [2.05, 4.69) is 37.8 Å². The molecule has 0 bridgehead atoms. The van der Waals surface area contributed by atoms with E-state index in [1.807, 2.05) is 0 Å². The van der Waals surface area contributed by atoms with Crippen molar-refractivity contribution in [2.45, 2.75) is 76.6 Å². The number of nitrogens with one attached hydrogen (secondary N) is 1. The van der Waals surface area contributed by atoms with Crippen molar-refractivity contribution < 1.29 is 0 Å². The van der Waals surface area contributed by atoms with Crippen molar-refractivity contribution in [2.75, 3.05) is 5.75 Å². The zero-order valence-corrected chi connectivity index (χ0v) is 11.9. The Labute approximate surface area is 105 Å². The molecule has 0 spiro atoms. The van der Waals surface area contributed by atoms with E-state index in [-0.39, 0.29) is 0 Å². The maximum absolute atomic E-state index is 3.90. The second-order valence-electron chi connectivity index (χ2n) is 5.98. The monoisotopic (exact) mass is 241 g/mol. The van der Waals surface area contributed by atoms with Gasteiger partial charge in [0, 0.05) is 17.3 Å². The van der Waals surface area contributed by atoms with Crippen molar-refractivity contribution in [3.05, 3.63) is 0 Å². The molecule has 0 aromatic carbocycles. The minimum Gasteiger partial charge on any atom is -0.311 e. The fourth-order valence-corrected chi connectivity index (χ4v) is 4.04. The van der Waals surface area contributed by atoms with Gasteiger partial charge in [0.25, 0.3) is 0 Å². The van der Waals surface area contributed by atoms with Crippen LogP contribution in [0.5, 0.6) is 0 Å². The van der Waals surface area contributed by atoms with Gasteiger partial charge in [-0.25, -0.2) is 0 Å². The van der Waals surface area contributed by atoms with E-state index in [1.54, 1.807) is 0 Å². The van der Waals surface area contributed by atoms with Crippen LogP contribution in [-0.4, -0.2) is 23.1 Å². The van der Waals surface area contributed by atoms with E-state index in [9.17, 15) is 0 Å². The predicted molar refractivity (Wildman–Crippen MR) is 74.1 cm³/mol. The lowest BCUT2D eigenvalue weighted by Crippen LogP contribution is -2.43. The van der Waals surface area contributed by atoms with Gasteiger partial charge in [-0.05, 0) is 50.2 Å². The van der Waals surface area contributed by atoms with Gasteiger partial charge in [0.15, 0.2) is 0 Å². The van der Waals surface area contributed by atoms with Gasteiger partial charge in [0.1, 0.15) is 0 Å². The van der Waals surface area contributed by atoms with Gasteiger partial charge in [-0.3, -0.25) is 0 Å². The molecule has 94 valence electrons. The largest absolute Gasteiger partial charge is 0.311 e. The highest BCUT2D eigenvalue weighted by Crippen LogP contribution is 2.48. The Balaban J connectivity index is 1.76. The first-order valence-corrected chi connectivity index (χ1v) is 8.06. The van der Waals surface area contributed by atoms with Crippen molar-refractivity contribution in [3.8, 4) is 0 Å². The predicted octanol–water partition coefficient (Wildman–Crippen LogP) is 3.83. The summed E-state index contributed by atoms with van der Waals surface area (Å²) in [5.41, 5.74) is 0.630. The Morgan fingerprint density at radius 2 is 2.12 bits per heavy atom. The molecule has 2 heteroatoms. The Morgan fingerprint density at radius 3 is 2.75 bits per heavy atom. The van der Waals surface area contributed by atoms with Crippen LogP contribution in [0.4, 0.5) is 0 Å². The summed E-state index contributed by atoms with van der Waals surface area (Å²) in [5.74, 6) is 1.28. The second-order valence-corrected chi connectivity index (χ2v) is 7.56. The Kier molecular flexibility index (Phi) is 4.23. The molecule has 1 nitrogen and oxygen atoms in total. The molecule has 2 fully saturated rings. The third-order valence-corrected chi connectivity index (χ3v) is 5.83. The van der Waals surface area contributed by atoms with Gasteiger partial charge in [0.05, 0.1) is 0 Å². The molecule has 0 aliphatic heterocycles. The molecule has 0 heterocycles. The highest BCUT2D eigenvalue weighted by atomic mass is 32.2. The molecular weight excluding hydrogens is 214 g/mol. The van der Waals surface area contributed by atoms with E-state index in [0.717, 1.165) is 17.3 Å². The first-order chi connectivity index (χ1) is 7.64. The summed E-state index contributed by atoms with van der Waals surface area (Å²) in [6.07, 6.45) is 8.54. The van der Waals surface area contributed by atoms with Gasteiger partial charge in [0.2, 0.25) is 0 Å². The molecule has 0 radical (unpaired) electrons. The minimum absolute atomic E-state index is 0.630. The highest BCUT2D eigenvalue weighted by molar-refractivity contribution is 7.99. The zero-order chi connectivity index (χ0) is 11.6. The molecule has 2 aliphatic carbocycles. The van der Waals surface area contributed by atoms with E-state index >= 15 is 0 Å². The molecule has 0 aromatic heterocycles. The lowest BCUT2D eigenvalue weighted by molar-refractivity contribution is 0.293. The molecule has 1 N–H and O–H groups in total. The fourth-order valence-electron chi connectivity index (χ4n) is 2.87. The lowest BCUT2D eigenvalue weighted by atomic mass is 9.92. The van der Waals surface area contributed by atoms with Crippen LogP contribution in [0, 0.1) is 5.41 Å². The SMILES string of the molecule is CCSC1CCCC(NC(C)C2(C)CC2)C1. The molecule has 3 unspecified atom stereocenters. The van der Waals surface area contributed by atoms with Crippen LogP contribution in [-0.2, 0) is 0 Å². The second kappa shape index (κ2) is 5.30. The normalized spacial score (nSPS) is 34.7. The first-order valence-electron chi connectivity index (χ1n) is 7.01. The van der Waals surface area contributed by atoms with Crippen LogP contribution < -0.4 is 5.32 Å². The smallest absolute Gasteiger partial charge is 0.00951 e. The van der Waals surface area contributed by atoms with Gasteiger partial charge in [-0.1, -0.05) is 20.3 Å². The maximum atomic E-state index is 3.90. The Hall–Kier alpha value is 0.310. The minimum atomic E-state index is 0.630. The average Bonchev–Trinajstić information content (AvgIpc) is 2.99. The number of thioether (sulfide) groups is 1. The summed E-state index contributed by atoms with van der Waals surface area (Å²) in [4.78, 5) is 0. The van der Waals surface area contributed by atoms with E-state index in [0.29, 0.717) is 5.41 Å². The summed E-state index contributed by atoms with van der Waals surface area (Å²) in [5, 5.41) is 4.82. The van der Waals surface area contributed by atoms with Gasteiger partial charge >= 0.3 is 0 Å². The number of rotatable bonds is 5. The van der Waals surface area contributed by atoms with Crippen LogP contribution in [0.2, 0.25) is 0 Å². The van der Waals surface area contributed by atoms with E-state index < -0.39 is 0 Å². The topological polar surface area (TPSA) is 12.0 Å². The number of hydrogen-bond acceptors (Lipinski definition) is 2. The molecule has 2 aliphatic rings. The molecule has 0 aromatic rings. The fraction of sp³-hybridized carbons (Fsp3) is 1.00. The van der Waals surface area contributed by atoms with Gasteiger partial charge < -0.3 is 5.32 Å². The average molecular weight is 241 g/mol. The van der Waals surface area contributed by atoms with Crippen LogP contribution >= 0.6 is 11.8 Å². The third kappa shape index (κ3) is 3.16. The van der Waals surface area contributed by atoms with Crippen molar-refractivity contribution >= 4 is 11.8 Å². The summed E-state index contributed by atoms with van der Waals surface area (Å²) in [7, 11) is 0. The molecule has 0 saturated heterocycles. The van der Waals surface area contributed by atoms with Crippen molar-refractivity contribution in [1.82, 2.24) is 5.32 Å². The molecule has 16 heavy (non-hydrogen) atoms. The van der Waals surface area contributed by atoms with E-state index in [1.165, 1.54) is 44.3 Å². The van der Waals surface area contributed by atoms with Crippen LogP contribution in [0.15, 0.2) is 0 Å². The molecule has 2 saturated carbocycles.